The minimum Gasteiger partial charge on any atom is -0.370 e. The Bertz CT molecular complexity index is 852. The van der Waals surface area contributed by atoms with Gasteiger partial charge in [0.1, 0.15) is 11.6 Å². The first-order chi connectivity index (χ1) is 12.1. The molecule has 4 nitrogen and oxygen atoms in total. The Morgan fingerprint density at radius 1 is 1.04 bits per heavy atom. The summed E-state index contributed by atoms with van der Waals surface area (Å²) in [6, 6.07) is 15.8. The Hall–Kier alpha value is -2.66. The average molecular weight is 357 g/mol. The predicted octanol–water partition coefficient (Wildman–Crippen LogP) is 4.98. The zero-order valence-corrected chi connectivity index (χ0v) is 14.5. The van der Waals surface area contributed by atoms with Crippen LogP contribution in [-0.2, 0) is 6.42 Å². The summed E-state index contributed by atoms with van der Waals surface area (Å²) in [4.78, 5) is 8.85. The maximum atomic E-state index is 12.9. The fourth-order valence-electron chi connectivity index (χ4n) is 2.38. The molecule has 0 radical (unpaired) electrons. The summed E-state index contributed by atoms with van der Waals surface area (Å²) in [6.07, 6.45) is 0.774. The highest BCUT2D eigenvalue weighted by Gasteiger charge is 2.05. The van der Waals surface area contributed by atoms with Crippen LogP contribution in [0.1, 0.15) is 11.3 Å². The van der Waals surface area contributed by atoms with Gasteiger partial charge in [-0.15, -0.1) is 0 Å². The Kier molecular flexibility index (Phi) is 5.46. The molecule has 3 aromatic rings. The standard InChI is InChI=1S/C19H18ClFN4/c1-13-12-18(22-11-10-14-6-8-15(21)9-7-14)25-19(23-13)24-17-5-3-2-4-16(17)20/h2-9,12H,10-11H2,1H3,(H2,22,23,24,25). The van der Waals surface area contributed by atoms with Gasteiger partial charge in [0, 0.05) is 18.3 Å². The number of benzene rings is 2. The van der Waals surface area contributed by atoms with Crippen molar-refractivity contribution in [1.29, 1.82) is 0 Å². The van der Waals surface area contributed by atoms with Gasteiger partial charge in [0.2, 0.25) is 5.95 Å². The van der Waals surface area contributed by atoms with Crippen molar-refractivity contribution >= 4 is 29.1 Å². The Balaban J connectivity index is 1.65. The molecule has 0 amide bonds. The number of aromatic nitrogens is 2. The Morgan fingerprint density at radius 3 is 2.56 bits per heavy atom. The van der Waals surface area contributed by atoms with E-state index in [0.29, 0.717) is 17.5 Å². The summed E-state index contributed by atoms with van der Waals surface area (Å²) in [5.74, 6) is 0.986. The quantitative estimate of drug-likeness (QED) is 0.654. The highest BCUT2D eigenvalue weighted by Crippen LogP contribution is 2.23. The van der Waals surface area contributed by atoms with Crippen LogP contribution in [0.3, 0.4) is 0 Å². The van der Waals surface area contributed by atoms with Gasteiger partial charge in [-0.25, -0.2) is 9.37 Å². The van der Waals surface area contributed by atoms with Crippen LogP contribution in [0.5, 0.6) is 0 Å². The maximum absolute atomic E-state index is 12.9. The van der Waals surface area contributed by atoms with E-state index in [1.807, 2.05) is 37.3 Å². The van der Waals surface area contributed by atoms with E-state index in [0.717, 1.165) is 29.2 Å². The molecule has 0 bridgehead atoms. The number of halogens is 2. The molecule has 0 spiro atoms. The summed E-state index contributed by atoms with van der Waals surface area (Å²) in [7, 11) is 0. The second-order valence-corrected chi connectivity index (χ2v) is 6.03. The predicted molar refractivity (Wildman–Crippen MR) is 100 cm³/mol. The molecule has 1 heterocycles. The number of nitrogens with one attached hydrogen (secondary N) is 2. The molecule has 0 aliphatic carbocycles. The van der Waals surface area contributed by atoms with Gasteiger partial charge in [-0.2, -0.15) is 4.98 Å². The molecule has 2 aromatic carbocycles. The van der Waals surface area contributed by atoms with E-state index in [-0.39, 0.29) is 5.82 Å². The van der Waals surface area contributed by atoms with E-state index in [2.05, 4.69) is 20.6 Å². The molecular formula is C19H18ClFN4. The zero-order chi connectivity index (χ0) is 17.6. The first kappa shape index (κ1) is 17.2. The Labute approximate surface area is 151 Å². The normalized spacial score (nSPS) is 10.5. The summed E-state index contributed by atoms with van der Waals surface area (Å²) in [5.41, 5.74) is 2.66. The van der Waals surface area contributed by atoms with Crippen LogP contribution in [0.2, 0.25) is 5.02 Å². The number of nitrogens with zero attached hydrogens (tertiary/aromatic N) is 2. The lowest BCUT2D eigenvalue weighted by Gasteiger charge is -2.11. The summed E-state index contributed by atoms with van der Waals surface area (Å²) < 4.78 is 12.9. The van der Waals surface area contributed by atoms with Crippen LogP contribution in [0.15, 0.2) is 54.6 Å². The third-order valence-corrected chi connectivity index (χ3v) is 3.94. The largest absolute Gasteiger partial charge is 0.370 e. The van der Waals surface area contributed by atoms with Gasteiger partial charge in [0.05, 0.1) is 10.7 Å². The van der Waals surface area contributed by atoms with E-state index >= 15 is 0 Å². The van der Waals surface area contributed by atoms with Crippen molar-refractivity contribution in [3.05, 3.63) is 76.7 Å². The molecule has 0 fully saturated rings. The minimum absolute atomic E-state index is 0.224. The number of para-hydroxylation sites is 1. The third kappa shape index (κ3) is 4.90. The van der Waals surface area contributed by atoms with Crippen molar-refractivity contribution in [1.82, 2.24) is 9.97 Å². The van der Waals surface area contributed by atoms with E-state index in [1.165, 1.54) is 12.1 Å². The second kappa shape index (κ2) is 7.94. The van der Waals surface area contributed by atoms with Gasteiger partial charge in [0.25, 0.3) is 0 Å². The molecule has 2 N–H and O–H groups in total. The van der Waals surface area contributed by atoms with Crippen LogP contribution in [-0.4, -0.2) is 16.5 Å². The topological polar surface area (TPSA) is 49.8 Å². The summed E-state index contributed by atoms with van der Waals surface area (Å²) >= 11 is 6.16. The van der Waals surface area contributed by atoms with Crippen LogP contribution in [0.25, 0.3) is 0 Å². The van der Waals surface area contributed by atoms with Crippen LogP contribution >= 0.6 is 11.6 Å². The highest BCUT2D eigenvalue weighted by molar-refractivity contribution is 6.33. The molecule has 6 heteroatoms. The third-order valence-electron chi connectivity index (χ3n) is 3.61. The van der Waals surface area contributed by atoms with Crippen molar-refractivity contribution in [2.75, 3.05) is 17.2 Å². The lowest BCUT2D eigenvalue weighted by molar-refractivity contribution is 0.627. The highest BCUT2D eigenvalue weighted by atomic mass is 35.5. The van der Waals surface area contributed by atoms with Gasteiger partial charge >= 0.3 is 0 Å². The molecule has 0 saturated heterocycles. The number of rotatable bonds is 6. The molecule has 0 aliphatic heterocycles. The van der Waals surface area contributed by atoms with E-state index in [9.17, 15) is 4.39 Å². The fraction of sp³-hybridized carbons (Fsp3) is 0.158. The molecule has 0 unspecified atom stereocenters. The smallest absolute Gasteiger partial charge is 0.229 e. The number of anilines is 3. The van der Waals surface area contributed by atoms with E-state index in [4.69, 9.17) is 11.6 Å². The number of hydrogen-bond donors (Lipinski definition) is 2. The van der Waals surface area contributed by atoms with Crippen molar-refractivity contribution in [2.24, 2.45) is 0 Å². The Morgan fingerprint density at radius 2 is 1.80 bits per heavy atom. The minimum atomic E-state index is -0.224. The van der Waals surface area contributed by atoms with Crippen molar-refractivity contribution in [2.45, 2.75) is 13.3 Å². The number of hydrogen-bond acceptors (Lipinski definition) is 4. The zero-order valence-electron chi connectivity index (χ0n) is 13.8. The molecule has 25 heavy (non-hydrogen) atoms. The van der Waals surface area contributed by atoms with E-state index < -0.39 is 0 Å². The monoisotopic (exact) mass is 356 g/mol. The molecule has 3 rings (SSSR count). The van der Waals surface area contributed by atoms with Crippen LogP contribution in [0, 0.1) is 12.7 Å². The van der Waals surface area contributed by atoms with E-state index in [1.54, 1.807) is 12.1 Å². The maximum Gasteiger partial charge on any atom is 0.229 e. The average Bonchev–Trinajstić information content (AvgIpc) is 2.58. The van der Waals surface area contributed by atoms with Gasteiger partial charge < -0.3 is 10.6 Å². The fourth-order valence-corrected chi connectivity index (χ4v) is 2.57. The first-order valence-corrected chi connectivity index (χ1v) is 8.33. The van der Waals surface area contributed by atoms with Gasteiger partial charge in [0.15, 0.2) is 0 Å². The summed E-state index contributed by atoms with van der Waals surface area (Å²) in [5, 5.41) is 7.01. The second-order valence-electron chi connectivity index (χ2n) is 5.63. The van der Waals surface area contributed by atoms with Crippen molar-refractivity contribution in [3.8, 4) is 0 Å². The van der Waals surface area contributed by atoms with Crippen molar-refractivity contribution < 1.29 is 4.39 Å². The SMILES string of the molecule is Cc1cc(NCCc2ccc(F)cc2)nc(Nc2ccccc2Cl)n1. The molecule has 0 aliphatic rings. The molecule has 0 atom stereocenters. The number of aryl methyl sites for hydroxylation is 1. The lowest BCUT2D eigenvalue weighted by Crippen LogP contribution is -2.08. The molecule has 1 aromatic heterocycles. The first-order valence-electron chi connectivity index (χ1n) is 7.96. The van der Waals surface area contributed by atoms with Gasteiger partial charge in [-0.3, -0.25) is 0 Å². The van der Waals surface area contributed by atoms with Gasteiger partial charge in [-0.05, 0) is 43.2 Å². The van der Waals surface area contributed by atoms with Gasteiger partial charge in [-0.1, -0.05) is 35.9 Å². The molecule has 0 saturated carbocycles. The summed E-state index contributed by atoms with van der Waals surface area (Å²) in [6.45, 7) is 2.60. The van der Waals surface area contributed by atoms with Crippen LogP contribution in [0.4, 0.5) is 21.8 Å². The van der Waals surface area contributed by atoms with Crippen LogP contribution < -0.4 is 10.6 Å². The lowest BCUT2D eigenvalue weighted by atomic mass is 10.1. The van der Waals surface area contributed by atoms with Crippen molar-refractivity contribution in [3.63, 3.8) is 0 Å². The molecule has 128 valence electrons. The molecular weight excluding hydrogens is 339 g/mol.